The summed E-state index contributed by atoms with van der Waals surface area (Å²) in [5, 5.41) is 11.0. The van der Waals surface area contributed by atoms with Crippen LogP contribution in [0.1, 0.15) is 18.9 Å². The Morgan fingerprint density at radius 1 is 1.04 bits per heavy atom. The average molecular weight is 314 g/mol. The Balaban J connectivity index is 2.53. The molecule has 0 unspecified atom stereocenters. The molecule has 0 atom stereocenters. The first-order valence-electron chi connectivity index (χ1n) is 7.04. The highest BCUT2D eigenvalue weighted by molar-refractivity contribution is 6.01. The van der Waals surface area contributed by atoms with Gasteiger partial charge in [0, 0.05) is 0 Å². The van der Waals surface area contributed by atoms with Gasteiger partial charge in [-0.2, -0.15) is 0 Å². The Morgan fingerprint density at radius 3 is 2.30 bits per heavy atom. The van der Waals surface area contributed by atoms with Gasteiger partial charge in [0.1, 0.15) is 5.75 Å². The van der Waals surface area contributed by atoms with Crippen LogP contribution in [0.5, 0.6) is 5.75 Å². The largest absolute Gasteiger partial charge is 0.497 e. The maximum Gasteiger partial charge on any atom is 0.334 e. The van der Waals surface area contributed by atoms with Crippen LogP contribution in [0.3, 0.4) is 0 Å². The molecular weight excluding hydrogens is 296 g/mol. The molecule has 0 saturated carbocycles. The third-order valence-electron chi connectivity index (χ3n) is 3.69. The molecule has 0 saturated heterocycles. The summed E-state index contributed by atoms with van der Waals surface area (Å²) < 4.78 is 9.89. The fourth-order valence-corrected chi connectivity index (χ4v) is 2.39. The summed E-state index contributed by atoms with van der Waals surface area (Å²) in [5.41, 5.74) is 1.52. The lowest BCUT2D eigenvalue weighted by atomic mass is 9.96. The molecule has 0 heterocycles. The van der Waals surface area contributed by atoms with Crippen LogP contribution in [0.25, 0.3) is 16.3 Å². The first kappa shape index (κ1) is 16.5. The monoisotopic (exact) mass is 314 g/mol. The zero-order valence-electron chi connectivity index (χ0n) is 13.3. The van der Waals surface area contributed by atoms with E-state index in [-0.39, 0.29) is 12.0 Å². The number of carboxylic acid groups (broad SMARTS) is 1. The Kier molecular flexibility index (Phi) is 5.01. The van der Waals surface area contributed by atoms with Crippen molar-refractivity contribution in [3.05, 3.63) is 47.5 Å². The van der Waals surface area contributed by atoms with E-state index in [9.17, 15) is 9.59 Å². The summed E-state index contributed by atoms with van der Waals surface area (Å²) in [6.07, 6.45) is -0.376. The number of rotatable bonds is 5. The Bertz CT molecular complexity index is 789. The van der Waals surface area contributed by atoms with E-state index in [4.69, 9.17) is 14.6 Å². The minimum absolute atomic E-state index is 0.146. The van der Waals surface area contributed by atoms with Crippen molar-refractivity contribution < 1.29 is 24.2 Å². The maximum atomic E-state index is 11.8. The van der Waals surface area contributed by atoms with Crippen LogP contribution < -0.4 is 4.74 Å². The van der Waals surface area contributed by atoms with Crippen molar-refractivity contribution in [2.24, 2.45) is 0 Å². The molecule has 0 spiro atoms. The molecule has 0 aromatic heterocycles. The molecule has 2 aromatic rings. The molecule has 2 aromatic carbocycles. The predicted octanol–water partition coefficient (Wildman–Crippen LogP) is 3.27. The molecule has 0 aliphatic heterocycles. The second kappa shape index (κ2) is 6.96. The van der Waals surface area contributed by atoms with Crippen molar-refractivity contribution >= 4 is 28.3 Å². The molecule has 2 rings (SSSR count). The van der Waals surface area contributed by atoms with E-state index in [1.165, 1.54) is 7.11 Å². The number of methoxy groups -OCH3 is 2. The molecule has 120 valence electrons. The van der Waals surface area contributed by atoms with Gasteiger partial charge < -0.3 is 14.6 Å². The van der Waals surface area contributed by atoms with Crippen LogP contribution >= 0.6 is 0 Å². The third kappa shape index (κ3) is 3.69. The highest BCUT2D eigenvalue weighted by Gasteiger charge is 2.18. The summed E-state index contributed by atoms with van der Waals surface area (Å²) in [4.78, 5) is 22.8. The molecule has 0 fully saturated rings. The molecular formula is C18H18O5. The van der Waals surface area contributed by atoms with Crippen molar-refractivity contribution in [3.8, 4) is 5.75 Å². The van der Waals surface area contributed by atoms with Crippen molar-refractivity contribution in [1.82, 2.24) is 0 Å². The number of esters is 1. The number of hydrogen-bond acceptors (Lipinski definition) is 4. The molecule has 0 aliphatic rings. The van der Waals surface area contributed by atoms with Crippen LogP contribution in [-0.2, 0) is 14.3 Å². The lowest BCUT2D eigenvalue weighted by Crippen LogP contribution is -2.11. The molecule has 0 bridgehead atoms. The number of benzene rings is 2. The minimum atomic E-state index is -1.07. The van der Waals surface area contributed by atoms with Crippen molar-refractivity contribution in [1.29, 1.82) is 0 Å². The zero-order chi connectivity index (χ0) is 17.0. The number of hydrogen-bond donors (Lipinski definition) is 1. The van der Waals surface area contributed by atoms with Crippen molar-refractivity contribution in [2.45, 2.75) is 13.3 Å². The number of allylic oxidation sites excluding steroid dienone is 1. The second-order valence-electron chi connectivity index (χ2n) is 5.09. The van der Waals surface area contributed by atoms with Gasteiger partial charge in [0.05, 0.1) is 26.2 Å². The number of carbonyl (C=O) groups is 2. The van der Waals surface area contributed by atoms with Gasteiger partial charge in [0.2, 0.25) is 0 Å². The van der Waals surface area contributed by atoms with Crippen LogP contribution in [0.2, 0.25) is 0 Å². The standard InChI is InChI=1S/C18H18O5/c1-11(16(10-17(19)20)18(21)23-3)12-4-5-14-9-15(22-2)7-6-13(14)8-12/h4-9H,10H2,1-3H3,(H,19,20). The lowest BCUT2D eigenvalue weighted by molar-refractivity contribution is -0.141. The minimum Gasteiger partial charge on any atom is -0.497 e. The summed E-state index contributed by atoms with van der Waals surface area (Å²) in [5.74, 6) is -0.936. The Morgan fingerprint density at radius 2 is 1.70 bits per heavy atom. The first-order chi connectivity index (χ1) is 11.0. The number of aliphatic carboxylic acids is 1. The molecule has 0 aliphatic carbocycles. The number of ether oxygens (including phenoxy) is 2. The number of fused-ring (bicyclic) bond motifs is 1. The fourth-order valence-electron chi connectivity index (χ4n) is 2.39. The van der Waals surface area contributed by atoms with Crippen LogP contribution in [0, 0.1) is 0 Å². The van der Waals surface area contributed by atoms with E-state index in [1.54, 1.807) is 14.0 Å². The fraction of sp³-hybridized carbons (Fsp3) is 0.222. The van der Waals surface area contributed by atoms with Gasteiger partial charge in [-0.1, -0.05) is 18.2 Å². The van der Waals surface area contributed by atoms with Crippen LogP contribution in [0.4, 0.5) is 0 Å². The predicted molar refractivity (Wildman–Crippen MR) is 87.4 cm³/mol. The third-order valence-corrected chi connectivity index (χ3v) is 3.69. The Hall–Kier alpha value is -2.82. The molecule has 0 amide bonds. The van der Waals surface area contributed by atoms with E-state index >= 15 is 0 Å². The van der Waals surface area contributed by atoms with E-state index in [2.05, 4.69) is 0 Å². The van der Waals surface area contributed by atoms with E-state index in [0.29, 0.717) is 5.57 Å². The van der Waals surface area contributed by atoms with E-state index in [0.717, 1.165) is 22.1 Å². The summed E-state index contributed by atoms with van der Waals surface area (Å²) >= 11 is 0. The van der Waals surface area contributed by atoms with Gasteiger partial charge in [-0.05, 0) is 47.0 Å². The smallest absolute Gasteiger partial charge is 0.334 e. The number of carbonyl (C=O) groups excluding carboxylic acids is 1. The molecule has 0 radical (unpaired) electrons. The lowest BCUT2D eigenvalue weighted by Gasteiger charge is -2.10. The van der Waals surface area contributed by atoms with Crippen LogP contribution in [0.15, 0.2) is 42.0 Å². The first-order valence-corrected chi connectivity index (χ1v) is 7.04. The summed E-state index contributed by atoms with van der Waals surface area (Å²) in [6.45, 7) is 1.72. The molecule has 5 heteroatoms. The van der Waals surface area contributed by atoms with Crippen molar-refractivity contribution in [2.75, 3.05) is 14.2 Å². The summed E-state index contributed by atoms with van der Waals surface area (Å²) in [7, 11) is 2.85. The van der Waals surface area contributed by atoms with Gasteiger partial charge >= 0.3 is 11.9 Å². The topological polar surface area (TPSA) is 72.8 Å². The highest BCUT2D eigenvalue weighted by atomic mass is 16.5. The van der Waals surface area contributed by atoms with Gasteiger partial charge in [-0.15, -0.1) is 0 Å². The molecule has 5 nitrogen and oxygen atoms in total. The Labute approximate surface area is 134 Å². The summed E-state index contributed by atoms with van der Waals surface area (Å²) in [6, 6.07) is 11.4. The molecule has 1 N–H and O–H groups in total. The maximum absolute atomic E-state index is 11.8. The van der Waals surface area contributed by atoms with Gasteiger partial charge in [0.25, 0.3) is 0 Å². The molecule has 23 heavy (non-hydrogen) atoms. The van der Waals surface area contributed by atoms with Gasteiger partial charge in [-0.3, -0.25) is 4.79 Å². The van der Waals surface area contributed by atoms with Gasteiger partial charge in [0.15, 0.2) is 0 Å². The van der Waals surface area contributed by atoms with Gasteiger partial charge in [-0.25, -0.2) is 4.79 Å². The quantitative estimate of drug-likeness (QED) is 0.677. The second-order valence-corrected chi connectivity index (χ2v) is 5.09. The SMILES string of the molecule is COC(=O)C(CC(=O)O)=C(C)c1ccc2cc(OC)ccc2c1. The van der Waals surface area contributed by atoms with Crippen LogP contribution in [-0.4, -0.2) is 31.3 Å². The van der Waals surface area contributed by atoms with Crippen molar-refractivity contribution in [3.63, 3.8) is 0 Å². The van der Waals surface area contributed by atoms with E-state index in [1.807, 2.05) is 36.4 Å². The highest BCUT2D eigenvalue weighted by Crippen LogP contribution is 2.27. The zero-order valence-corrected chi connectivity index (χ0v) is 13.3. The normalized spacial score (nSPS) is 11.8. The van der Waals surface area contributed by atoms with E-state index < -0.39 is 11.9 Å². The average Bonchev–Trinajstić information content (AvgIpc) is 2.57. The number of carboxylic acids is 1.